The SMILES string of the molecule is Cc1ccc(F)cc1S(=O)(=O)Nc1nc(-c2cccs2)ns1. The molecule has 1 N–H and O–H groups in total. The van der Waals surface area contributed by atoms with Crippen LogP contribution in [0.15, 0.2) is 40.6 Å². The Kier molecular flexibility index (Phi) is 3.94. The average Bonchev–Trinajstić information content (AvgIpc) is 3.11. The molecule has 114 valence electrons. The molecule has 0 fully saturated rings. The van der Waals surface area contributed by atoms with Gasteiger partial charge in [0.2, 0.25) is 5.13 Å². The van der Waals surface area contributed by atoms with E-state index in [1.165, 1.54) is 23.5 Å². The van der Waals surface area contributed by atoms with Crippen molar-refractivity contribution in [3.63, 3.8) is 0 Å². The van der Waals surface area contributed by atoms with Gasteiger partial charge in [-0.2, -0.15) is 9.36 Å². The van der Waals surface area contributed by atoms with Crippen LogP contribution in [-0.4, -0.2) is 17.8 Å². The number of hydrogen-bond donors (Lipinski definition) is 1. The van der Waals surface area contributed by atoms with Crippen molar-refractivity contribution in [1.29, 1.82) is 0 Å². The van der Waals surface area contributed by atoms with Gasteiger partial charge in [-0.3, -0.25) is 4.72 Å². The summed E-state index contributed by atoms with van der Waals surface area (Å²) in [6, 6.07) is 7.33. The summed E-state index contributed by atoms with van der Waals surface area (Å²) < 4.78 is 44.4. The number of nitrogens with zero attached hydrogens (tertiary/aromatic N) is 2. The fourth-order valence-electron chi connectivity index (χ4n) is 1.80. The van der Waals surface area contributed by atoms with Gasteiger partial charge in [0.15, 0.2) is 5.82 Å². The molecular formula is C13H10FN3O2S3. The standard InChI is InChI=1S/C13H10FN3O2S3/c1-8-4-5-9(14)7-11(8)22(18,19)17-13-15-12(16-21-13)10-3-2-6-20-10/h2-7H,1H3,(H,15,16,17). The third kappa shape index (κ3) is 3.01. The predicted octanol–water partition coefficient (Wildman–Crippen LogP) is 3.51. The number of benzene rings is 1. The summed E-state index contributed by atoms with van der Waals surface area (Å²) in [6.45, 7) is 1.60. The number of hydrogen-bond acceptors (Lipinski definition) is 6. The molecule has 0 bridgehead atoms. The summed E-state index contributed by atoms with van der Waals surface area (Å²) in [7, 11) is -3.90. The fourth-order valence-corrected chi connectivity index (χ4v) is 4.58. The van der Waals surface area contributed by atoms with Crippen LogP contribution in [0.5, 0.6) is 0 Å². The van der Waals surface area contributed by atoms with Crippen molar-refractivity contribution in [3.05, 3.63) is 47.1 Å². The number of nitrogens with one attached hydrogen (secondary N) is 1. The first kappa shape index (κ1) is 15.1. The van der Waals surface area contributed by atoms with Crippen LogP contribution in [0.1, 0.15) is 5.56 Å². The molecule has 22 heavy (non-hydrogen) atoms. The lowest BCUT2D eigenvalue weighted by Crippen LogP contribution is -2.14. The molecule has 0 saturated heterocycles. The van der Waals surface area contributed by atoms with Crippen molar-refractivity contribution in [1.82, 2.24) is 9.36 Å². The van der Waals surface area contributed by atoms with Crippen molar-refractivity contribution in [2.45, 2.75) is 11.8 Å². The van der Waals surface area contributed by atoms with E-state index in [2.05, 4.69) is 14.1 Å². The molecule has 0 atom stereocenters. The second-order valence-electron chi connectivity index (χ2n) is 4.42. The van der Waals surface area contributed by atoms with Gasteiger partial charge in [0.1, 0.15) is 5.82 Å². The fraction of sp³-hybridized carbons (Fsp3) is 0.0769. The number of aryl methyl sites for hydroxylation is 1. The molecule has 3 aromatic rings. The molecule has 0 aliphatic heterocycles. The maximum absolute atomic E-state index is 13.3. The Morgan fingerprint density at radius 1 is 1.27 bits per heavy atom. The molecule has 0 aliphatic carbocycles. The lowest BCUT2D eigenvalue weighted by atomic mass is 10.2. The normalized spacial score (nSPS) is 11.5. The number of sulfonamides is 1. The molecule has 0 aliphatic rings. The van der Waals surface area contributed by atoms with Gasteiger partial charge >= 0.3 is 0 Å². The second kappa shape index (κ2) is 5.75. The van der Waals surface area contributed by atoms with Gasteiger partial charge in [-0.05, 0) is 36.1 Å². The average molecular weight is 355 g/mol. The maximum Gasteiger partial charge on any atom is 0.264 e. The summed E-state index contributed by atoms with van der Waals surface area (Å²) in [4.78, 5) is 4.89. The zero-order valence-corrected chi connectivity index (χ0v) is 13.7. The summed E-state index contributed by atoms with van der Waals surface area (Å²) in [6.07, 6.45) is 0. The number of halogens is 1. The smallest absolute Gasteiger partial charge is 0.253 e. The molecule has 0 spiro atoms. The van der Waals surface area contributed by atoms with Crippen LogP contribution >= 0.6 is 22.9 Å². The van der Waals surface area contributed by atoms with E-state index in [1.54, 1.807) is 6.92 Å². The van der Waals surface area contributed by atoms with Gasteiger partial charge in [0.25, 0.3) is 10.0 Å². The predicted molar refractivity (Wildman–Crippen MR) is 85.2 cm³/mol. The minimum absolute atomic E-state index is 0.111. The molecule has 0 saturated carbocycles. The number of aromatic nitrogens is 2. The monoisotopic (exact) mass is 355 g/mol. The first-order valence-corrected chi connectivity index (χ1v) is 9.26. The van der Waals surface area contributed by atoms with E-state index >= 15 is 0 Å². The molecule has 1 aromatic carbocycles. The van der Waals surface area contributed by atoms with E-state index in [0.29, 0.717) is 11.4 Å². The van der Waals surface area contributed by atoms with Crippen LogP contribution in [0, 0.1) is 12.7 Å². The summed E-state index contributed by atoms with van der Waals surface area (Å²) in [5.74, 6) is -0.142. The Bertz CT molecular complexity index is 905. The third-order valence-electron chi connectivity index (χ3n) is 2.83. The van der Waals surface area contributed by atoms with Crippen LogP contribution in [-0.2, 0) is 10.0 Å². The Morgan fingerprint density at radius 2 is 2.09 bits per heavy atom. The third-order valence-corrected chi connectivity index (χ3v) is 5.94. The maximum atomic E-state index is 13.3. The van der Waals surface area contributed by atoms with Gasteiger partial charge < -0.3 is 0 Å². The van der Waals surface area contributed by atoms with Crippen molar-refractivity contribution >= 4 is 38.0 Å². The van der Waals surface area contributed by atoms with Crippen molar-refractivity contribution in [3.8, 4) is 10.7 Å². The highest BCUT2D eigenvalue weighted by atomic mass is 32.2. The molecule has 9 heteroatoms. The Balaban J connectivity index is 1.90. The summed E-state index contributed by atoms with van der Waals surface area (Å²) >= 11 is 2.40. The molecule has 5 nitrogen and oxygen atoms in total. The topological polar surface area (TPSA) is 72.0 Å². The Labute approximate surface area is 134 Å². The highest BCUT2D eigenvalue weighted by Gasteiger charge is 2.20. The van der Waals surface area contributed by atoms with Crippen LogP contribution in [0.25, 0.3) is 10.7 Å². The van der Waals surface area contributed by atoms with E-state index in [0.717, 1.165) is 22.5 Å². The Morgan fingerprint density at radius 3 is 2.82 bits per heavy atom. The molecule has 2 aromatic heterocycles. The molecule has 0 radical (unpaired) electrons. The first-order valence-electron chi connectivity index (χ1n) is 6.12. The van der Waals surface area contributed by atoms with Gasteiger partial charge in [-0.15, -0.1) is 11.3 Å². The molecule has 0 amide bonds. The highest BCUT2D eigenvalue weighted by molar-refractivity contribution is 7.93. The van der Waals surface area contributed by atoms with E-state index in [-0.39, 0.29) is 10.0 Å². The van der Waals surface area contributed by atoms with Gasteiger partial charge in [-0.25, -0.2) is 12.8 Å². The van der Waals surface area contributed by atoms with E-state index < -0.39 is 15.8 Å². The lowest BCUT2D eigenvalue weighted by Gasteiger charge is -2.07. The number of rotatable bonds is 4. The lowest BCUT2D eigenvalue weighted by molar-refractivity contribution is 0.594. The van der Waals surface area contributed by atoms with Crippen LogP contribution < -0.4 is 4.72 Å². The first-order chi connectivity index (χ1) is 10.5. The molecular weight excluding hydrogens is 345 g/mol. The minimum Gasteiger partial charge on any atom is -0.253 e. The Hall–Kier alpha value is -1.84. The summed E-state index contributed by atoms with van der Waals surface area (Å²) in [5.41, 5.74) is 0.455. The highest BCUT2D eigenvalue weighted by Crippen LogP contribution is 2.27. The van der Waals surface area contributed by atoms with Gasteiger partial charge in [-0.1, -0.05) is 12.1 Å². The second-order valence-corrected chi connectivity index (χ2v) is 7.77. The summed E-state index contributed by atoms with van der Waals surface area (Å²) in [5, 5.41) is 2.03. The van der Waals surface area contributed by atoms with Crippen molar-refractivity contribution in [2.24, 2.45) is 0 Å². The van der Waals surface area contributed by atoms with Gasteiger partial charge in [0.05, 0.1) is 9.77 Å². The quantitative estimate of drug-likeness (QED) is 0.777. The van der Waals surface area contributed by atoms with Crippen molar-refractivity contribution < 1.29 is 12.8 Å². The zero-order chi connectivity index (χ0) is 15.7. The van der Waals surface area contributed by atoms with E-state index in [9.17, 15) is 12.8 Å². The number of thiophene rings is 1. The van der Waals surface area contributed by atoms with Crippen LogP contribution in [0.2, 0.25) is 0 Å². The van der Waals surface area contributed by atoms with E-state index in [4.69, 9.17) is 0 Å². The number of anilines is 1. The van der Waals surface area contributed by atoms with Crippen molar-refractivity contribution in [2.75, 3.05) is 4.72 Å². The molecule has 0 unspecified atom stereocenters. The van der Waals surface area contributed by atoms with E-state index in [1.807, 2.05) is 17.5 Å². The zero-order valence-electron chi connectivity index (χ0n) is 11.3. The van der Waals surface area contributed by atoms with Crippen LogP contribution in [0.4, 0.5) is 9.52 Å². The molecule has 3 rings (SSSR count). The largest absolute Gasteiger partial charge is 0.264 e. The van der Waals surface area contributed by atoms with Crippen LogP contribution in [0.3, 0.4) is 0 Å². The minimum atomic E-state index is -3.90. The van der Waals surface area contributed by atoms with Gasteiger partial charge in [0, 0.05) is 11.5 Å². The molecule has 2 heterocycles.